The summed E-state index contributed by atoms with van der Waals surface area (Å²) in [4.78, 5) is 26.9. The van der Waals surface area contributed by atoms with Gasteiger partial charge in [0.1, 0.15) is 0 Å². The van der Waals surface area contributed by atoms with Crippen LogP contribution in [0.5, 0.6) is 0 Å². The molecule has 0 aliphatic heterocycles. The molecule has 1 heterocycles. The largest absolute Gasteiger partial charge is 0.459 e. The van der Waals surface area contributed by atoms with E-state index in [1.165, 1.54) is 6.26 Å². The Labute approximate surface area is 164 Å². The van der Waals surface area contributed by atoms with Gasteiger partial charge >= 0.3 is 0 Å². The van der Waals surface area contributed by atoms with Gasteiger partial charge in [0, 0.05) is 36.7 Å². The van der Waals surface area contributed by atoms with Crippen molar-refractivity contribution in [2.24, 2.45) is 0 Å². The minimum Gasteiger partial charge on any atom is -0.459 e. The third-order valence-electron chi connectivity index (χ3n) is 4.43. The smallest absolute Gasteiger partial charge is 0.291 e. The zero-order chi connectivity index (χ0) is 20.3. The van der Waals surface area contributed by atoms with Crippen molar-refractivity contribution in [2.75, 3.05) is 29.6 Å². The maximum atomic E-state index is 12.7. The molecule has 0 spiro atoms. The molecule has 0 aliphatic carbocycles. The molecule has 0 radical (unpaired) electrons. The van der Waals surface area contributed by atoms with Gasteiger partial charge in [0.25, 0.3) is 11.8 Å². The molecule has 2 N–H and O–H groups in total. The quantitative estimate of drug-likeness (QED) is 0.688. The van der Waals surface area contributed by atoms with Crippen LogP contribution in [-0.4, -0.2) is 25.9 Å². The zero-order valence-electron chi connectivity index (χ0n) is 16.4. The van der Waals surface area contributed by atoms with Crippen molar-refractivity contribution in [1.82, 2.24) is 0 Å². The van der Waals surface area contributed by atoms with E-state index in [1.807, 2.05) is 51.0 Å². The van der Waals surface area contributed by atoms with Gasteiger partial charge in [-0.3, -0.25) is 9.59 Å². The highest BCUT2D eigenvalue weighted by Gasteiger charge is 2.13. The van der Waals surface area contributed by atoms with Crippen LogP contribution in [0.3, 0.4) is 0 Å². The Hall–Kier alpha value is -3.54. The highest BCUT2D eigenvalue weighted by atomic mass is 16.3. The number of nitrogens with one attached hydrogen (secondary N) is 2. The summed E-state index contributed by atoms with van der Waals surface area (Å²) in [5.74, 6) is -0.392. The van der Waals surface area contributed by atoms with Gasteiger partial charge in [-0.1, -0.05) is 6.07 Å². The number of carbonyl (C=O) groups is 2. The van der Waals surface area contributed by atoms with Gasteiger partial charge in [0.2, 0.25) is 0 Å². The number of nitrogens with zero attached hydrogens (tertiary/aromatic N) is 1. The molecular formula is C22H23N3O3. The summed E-state index contributed by atoms with van der Waals surface area (Å²) in [6, 6.07) is 14.2. The lowest BCUT2D eigenvalue weighted by Gasteiger charge is -2.17. The fraction of sp³-hybridized carbons (Fsp3) is 0.182. The lowest BCUT2D eigenvalue weighted by atomic mass is 10.1. The number of benzene rings is 2. The molecule has 0 bridgehead atoms. The molecule has 1 aromatic heterocycles. The predicted molar refractivity (Wildman–Crippen MR) is 111 cm³/mol. The third-order valence-corrected chi connectivity index (χ3v) is 4.43. The molecule has 0 saturated heterocycles. The Morgan fingerprint density at radius 2 is 1.68 bits per heavy atom. The molecule has 0 atom stereocenters. The average Bonchev–Trinajstić information content (AvgIpc) is 3.18. The van der Waals surface area contributed by atoms with Crippen LogP contribution in [0.2, 0.25) is 0 Å². The molecule has 28 heavy (non-hydrogen) atoms. The second-order valence-corrected chi connectivity index (χ2v) is 6.81. The standard InChI is InChI=1S/C22H23N3O3/c1-14-7-8-16(13-18(14)24-22(27)20-6-5-11-28-20)21(26)23-17-9-10-19(25(3)4)15(2)12-17/h5-13H,1-4H3,(H,23,26)(H,24,27). The first-order chi connectivity index (χ1) is 13.3. The van der Waals surface area contributed by atoms with Gasteiger partial charge < -0.3 is 20.0 Å². The Balaban J connectivity index is 1.77. The third kappa shape index (κ3) is 4.23. The highest BCUT2D eigenvalue weighted by molar-refractivity contribution is 6.07. The maximum absolute atomic E-state index is 12.7. The summed E-state index contributed by atoms with van der Waals surface area (Å²) in [7, 11) is 3.96. The molecule has 144 valence electrons. The van der Waals surface area contributed by atoms with E-state index >= 15 is 0 Å². The molecule has 6 heteroatoms. The van der Waals surface area contributed by atoms with Gasteiger partial charge in [0.05, 0.1) is 6.26 Å². The number of hydrogen-bond acceptors (Lipinski definition) is 4. The zero-order valence-corrected chi connectivity index (χ0v) is 16.4. The first-order valence-electron chi connectivity index (χ1n) is 8.90. The average molecular weight is 377 g/mol. The van der Waals surface area contributed by atoms with Gasteiger partial charge in [-0.2, -0.15) is 0 Å². The number of anilines is 3. The first-order valence-corrected chi connectivity index (χ1v) is 8.90. The molecule has 0 saturated carbocycles. The molecule has 0 aliphatic rings. The number of rotatable bonds is 5. The minimum atomic E-state index is -0.361. The maximum Gasteiger partial charge on any atom is 0.291 e. The Morgan fingerprint density at radius 1 is 0.893 bits per heavy atom. The van der Waals surface area contributed by atoms with Crippen LogP contribution in [0.1, 0.15) is 32.0 Å². The van der Waals surface area contributed by atoms with Crippen LogP contribution in [0.4, 0.5) is 17.1 Å². The molecule has 2 aromatic carbocycles. The van der Waals surface area contributed by atoms with Crippen LogP contribution in [0.25, 0.3) is 0 Å². The fourth-order valence-electron chi connectivity index (χ4n) is 2.93. The van der Waals surface area contributed by atoms with Crippen LogP contribution in [-0.2, 0) is 0 Å². The molecule has 3 rings (SSSR count). The molecule has 6 nitrogen and oxygen atoms in total. The second-order valence-electron chi connectivity index (χ2n) is 6.81. The van der Waals surface area contributed by atoms with Gasteiger partial charge in [-0.25, -0.2) is 0 Å². The summed E-state index contributed by atoms with van der Waals surface area (Å²) in [6.07, 6.45) is 1.44. The number of furan rings is 1. The van der Waals surface area contributed by atoms with E-state index in [-0.39, 0.29) is 17.6 Å². The van der Waals surface area contributed by atoms with Crippen molar-refractivity contribution in [2.45, 2.75) is 13.8 Å². The number of carbonyl (C=O) groups excluding carboxylic acids is 2. The lowest BCUT2D eigenvalue weighted by Crippen LogP contribution is -2.15. The summed E-state index contributed by atoms with van der Waals surface area (Å²) in [5.41, 5.74) is 4.75. The van der Waals surface area contributed by atoms with Crippen LogP contribution in [0, 0.1) is 13.8 Å². The van der Waals surface area contributed by atoms with Crippen LogP contribution >= 0.6 is 0 Å². The molecule has 0 unspecified atom stereocenters. The van der Waals surface area contributed by atoms with Crippen molar-refractivity contribution < 1.29 is 14.0 Å². The number of aryl methyl sites for hydroxylation is 2. The van der Waals surface area contributed by atoms with Gasteiger partial charge in [0.15, 0.2) is 5.76 Å². The number of hydrogen-bond donors (Lipinski definition) is 2. The molecule has 0 fully saturated rings. The van der Waals surface area contributed by atoms with Crippen molar-refractivity contribution >= 4 is 28.9 Å². The first kappa shape index (κ1) is 19.2. The Morgan fingerprint density at radius 3 is 2.32 bits per heavy atom. The predicted octanol–water partition coefficient (Wildman–Crippen LogP) is 4.47. The fourth-order valence-corrected chi connectivity index (χ4v) is 2.93. The monoisotopic (exact) mass is 377 g/mol. The van der Waals surface area contributed by atoms with E-state index in [0.717, 1.165) is 22.5 Å². The van der Waals surface area contributed by atoms with Crippen LogP contribution in [0.15, 0.2) is 59.2 Å². The van der Waals surface area contributed by atoms with Gasteiger partial charge in [-0.15, -0.1) is 0 Å². The summed E-state index contributed by atoms with van der Waals surface area (Å²) in [5, 5.41) is 5.69. The lowest BCUT2D eigenvalue weighted by molar-refractivity contribution is 0.0993. The van der Waals surface area contributed by atoms with E-state index in [2.05, 4.69) is 10.6 Å². The van der Waals surface area contributed by atoms with Crippen molar-refractivity contribution in [3.05, 3.63) is 77.2 Å². The summed E-state index contributed by atoms with van der Waals surface area (Å²) < 4.78 is 5.11. The minimum absolute atomic E-state index is 0.214. The normalized spacial score (nSPS) is 10.4. The van der Waals surface area contributed by atoms with E-state index in [4.69, 9.17) is 4.42 Å². The molecule has 2 amide bonds. The van der Waals surface area contributed by atoms with Crippen LogP contribution < -0.4 is 15.5 Å². The number of amides is 2. The van der Waals surface area contributed by atoms with Crippen molar-refractivity contribution in [1.29, 1.82) is 0 Å². The SMILES string of the molecule is Cc1ccc(C(=O)Nc2ccc(N(C)C)c(C)c2)cc1NC(=O)c1ccco1. The Bertz CT molecular complexity index is 1010. The summed E-state index contributed by atoms with van der Waals surface area (Å²) in [6.45, 7) is 3.86. The highest BCUT2D eigenvalue weighted by Crippen LogP contribution is 2.23. The summed E-state index contributed by atoms with van der Waals surface area (Å²) >= 11 is 0. The Kier molecular flexibility index (Phi) is 5.49. The van der Waals surface area contributed by atoms with Crippen molar-refractivity contribution in [3.63, 3.8) is 0 Å². The van der Waals surface area contributed by atoms with E-state index in [1.54, 1.807) is 30.3 Å². The van der Waals surface area contributed by atoms with E-state index in [9.17, 15) is 9.59 Å². The van der Waals surface area contributed by atoms with E-state index < -0.39 is 0 Å². The topological polar surface area (TPSA) is 74.6 Å². The molecular weight excluding hydrogens is 354 g/mol. The van der Waals surface area contributed by atoms with E-state index in [0.29, 0.717) is 11.3 Å². The van der Waals surface area contributed by atoms with Gasteiger partial charge in [-0.05, 0) is 67.4 Å². The second kappa shape index (κ2) is 8.00. The van der Waals surface area contributed by atoms with Crippen molar-refractivity contribution in [3.8, 4) is 0 Å². The molecule has 3 aromatic rings.